The number of carbonyl (C=O) groups excluding carboxylic acids is 2. The third kappa shape index (κ3) is 4.49. The number of ketones is 1. The molecule has 1 unspecified atom stereocenters. The molecule has 3 aliphatic rings. The highest BCUT2D eigenvalue weighted by Gasteiger charge is 2.36. The molecular weight excluding hydrogens is 422 g/mol. The van der Waals surface area contributed by atoms with E-state index in [0.29, 0.717) is 30.5 Å². The van der Waals surface area contributed by atoms with Crippen LogP contribution >= 0.6 is 0 Å². The summed E-state index contributed by atoms with van der Waals surface area (Å²) in [5.74, 6) is 0.325. The largest absolute Gasteiger partial charge is 0.511 e. The van der Waals surface area contributed by atoms with Crippen molar-refractivity contribution in [2.75, 3.05) is 39.3 Å². The van der Waals surface area contributed by atoms with Crippen molar-refractivity contribution in [1.29, 1.82) is 0 Å². The van der Waals surface area contributed by atoms with E-state index in [1.54, 1.807) is 12.3 Å². The zero-order valence-corrected chi connectivity index (χ0v) is 18.4. The number of fused-ring (bicyclic) bond motifs is 1. The number of furan rings is 1. The molecule has 1 saturated heterocycles. The minimum absolute atomic E-state index is 0.0800. The summed E-state index contributed by atoms with van der Waals surface area (Å²) in [6.45, 7) is 4.62. The van der Waals surface area contributed by atoms with E-state index in [1.165, 1.54) is 6.21 Å². The van der Waals surface area contributed by atoms with Gasteiger partial charge in [0.25, 0.3) is 0 Å². The molecule has 3 heterocycles. The van der Waals surface area contributed by atoms with Crippen molar-refractivity contribution in [2.45, 2.75) is 25.0 Å². The average Bonchev–Trinajstić information content (AvgIpc) is 3.47. The van der Waals surface area contributed by atoms with Gasteiger partial charge in [0.2, 0.25) is 0 Å². The summed E-state index contributed by atoms with van der Waals surface area (Å²) >= 11 is 0. The maximum Gasteiger partial charge on any atom is 0.340 e. The van der Waals surface area contributed by atoms with E-state index in [9.17, 15) is 14.7 Å². The average molecular weight is 450 g/mol. The molecule has 0 spiro atoms. The Bertz CT molecular complexity index is 1080. The van der Waals surface area contributed by atoms with Gasteiger partial charge in [0.05, 0.1) is 23.9 Å². The van der Waals surface area contributed by atoms with Crippen molar-refractivity contribution in [1.82, 2.24) is 9.80 Å². The molecule has 0 bridgehead atoms. The predicted molar refractivity (Wildman–Crippen MR) is 121 cm³/mol. The van der Waals surface area contributed by atoms with Crippen molar-refractivity contribution in [2.24, 2.45) is 4.99 Å². The summed E-state index contributed by atoms with van der Waals surface area (Å²) in [5.41, 5.74) is 1.91. The fourth-order valence-corrected chi connectivity index (χ4v) is 4.76. The van der Waals surface area contributed by atoms with Gasteiger partial charge in [-0.1, -0.05) is 18.2 Å². The zero-order valence-electron chi connectivity index (χ0n) is 18.4. The van der Waals surface area contributed by atoms with Crippen LogP contribution in [0.1, 0.15) is 46.7 Å². The molecule has 0 amide bonds. The first-order valence-corrected chi connectivity index (χ1v) is 11.3. The fourth-order valence-electron chi connectivity index (χ4n) is 4.76. The first-order valence-electron chi connectivity index (χ1n) is 11.3. The van der Waals surface area contributed by atoms with Gasteiger partial charge in [-0.3, -0.25) is 19.6 Å². The Kier molecular flexibility index (Phi) is 6.11. The number of aliphatic hydroxyl groups is 1. The van der Waals surface area contributed by atoms with E-state index < -0.39 is 0 Å². The highest BCUT2D eigenvalue weighted by molar-refractivity contribution is 6.14. The lowest BCUT2D eigenvalue weighted by molar-refractivity contribution is -0.116. The number of hydrogen-bond acceptors (Lipinski definition) is 8. The van der Waals surface area contributed by atoms with Gasteiger partial charge in [-0.15, -0.1) is 0 Å². The van der Waals surface area contributed by atoms with Crippen LogP contribution in [0, 0.1) is 0 Å². The van der Waals surface area contributed by atoms with E-state index in [1.807, 2.05) is 30.3 Å². The van der Waals surface area contributed by atoms with Crippen LogP contribution in [0.25, 0.3) is 0 Å². The Hall–Kier alpha value is -3.23. The van der Waals surface area contributed by atoms with Crippen molar-refractivity contribution in [3.8, 4) is 0 Å². The molecule has 1 N–H and O–H groups in total. The molecule has 1 aliphatic carbocycles. The number of allylic oxidation sites excluding steroid dienone is 2. The number of ether oxygens (including phenoxy) is 1. The summed E-state index contributed by atoms with van der Waals surface area (Å²) in [6, 6.07) is 11.2. The van der Waals surface area contributed by atoms with Crippen LogP contribution in [0.5, 0.6) is 0 Å². The first-order chi connectivity index (χ1) is 16.1. The predicted octanol–water partition coefficient (Wildman–Crippen LogP) is 3.10. The van der Waals surface area contributed by atoms with Gasteiger partial charge in [0, 0.05) is 63.3 Å². The van der Waals surface area contributed by atoms with Crippen LogP contribution in [0.2, 0.25) is 0 Å². The van der Waals surface area contributed by atoms with E-state index in [2.05, 4.69) is 14.8 Å². The maximum atomic E-state index is 12.5. The van der Waals surface area contributed by atoms with E-state index >= 15 is 0 Å². The SMILES string of the molecule is O=C1CC(c2ccco2)CC(O)=C1C=NCCN1CCN([C@@H]2OC(=O)c3ccccc32)CC1. The number of aliphatic hydroxyl groups excluding tert-OH is 1. The Morgan fingerprint density at radius 2 is 1.88 bits per heavy atom. The van der Waals surface area contributed by atoms with Crippen LogP contribution in [-0.2, 0) is 9.53 Å². The van der Waals surface area contributed by atoms with Gasteiger partial charge in [-0.05, 0) is 18.2 Å². The Morgan fingerprint density at radius 3 is 2.64 bits per heavy atom. The number of carbonyl (C=O) groups is 2. The smallest absolute Gasteiger partial charge is 0.340 e. The van der Waals surface area contributed by atoms with Crippen molar-refractivity contribution < 1.29 is 23.8 Å². The maximum absolute atomic E-state index is 12.5. The molecule has 1 aromatic carbocycles. The third-order valence-electron chi connectivity index (χ3n) is 6.60. The number of rotatable bonds is 6. The molecule has 1 aromatic heterocycles. The van der Waals surface area contributed by atoms with Crippen LogP contribution in [0.15, 0.2) is 63.4 Å². The molecule has 8 nitrogen and oxygen atoms in total. The molecule has 2 aliphatic heterocycles. The van der Waals surface area contributed by atoms with Gasteiger partial charge in [-0.2, -0.15) is 0 Å². The van der Waals surface area contributed by atoms with Gasteiger partial charge >= 0.3 is 5.97 Å². The summed E-state index contributed by atoms with van der Waals surface area (Å²) in [4.78, 5) is 33.5. The van der Waals surface area contributed by atoms with Gasteiger partial charge in [0.1, 0.15) is 11.5 Å². The number of cyclic esters (lactones) is 1. The van der Waals surface area contributed by atoms with Gasteiger partial charge in [0.15, 0.2) is 12.0 Å². The highest BCUT2D eigenvalue weighted by atomic mass is 16.6. The quantitative estimate of drug-likeness (QED) is 0.535. The fraction of sp³-hybridized carbons (Fsp3) is 0.400. The lowest BCUT2D eigenvalue weighted by atomic mass is 9.86. The molecule has 0 radical (unpaired) electrons. The first kappa shape index (κ1) is 21.6. The van der Waals surface area contributed by atoms with E-state index in [4.69, 9.17) is 9.15 Å². The molecule has 0 saturated carbocycles. The van der Waals surface area contributed by atoms with E-state index in [-0.39, 0.29) is 29.7 Å². The number of Topliss-reactive ketones (excluding diaryl/α,β-unsaturated/α-hetero) is 1. The Balaban J connectivity index is 1.10. The summed E-state index contributed by atoms with van der Waals surface area (Å²) in [6.07, 6.45) is 3.50. The van der Waals surface area contributed by atoms with Gasteiger partial charge in [-0.25, -0.2) is 4.79 Å². The van der Waals surface area contributed by atoms with Crippen LogP contribution in [-0.4, -0.2) is 72.1 Å². The normalized spacial score (nSPS) is 24.5. The Labute approximate surface area is 192 Å². The number of aliphatic imine (C=N–C) groups is 1. The standard InChI is InChI=1S/C25H27N3O5/c29-21-14-17(23-6-3-13-32-23)15-22(30)20(21)16-26-7-8-27-9-11-28(12-10-27)24-18-4-1-2-5-19(18)25(31)33-24/h1-6,13,16-17,24,29H,7-12,14-15H2/t17?,24-/m1/s1. The van der Waals surface area contributed by atoms with Crippen molar-refractivity contribution in [3.63, 3.8) is 0 Å². The molecule has 2 aromatic rings. The number of esters is 1. The molecule has 2 atom stereocenters. The van der Waals surface area contributed by atoms with E-state index in [0.717, 1.165) is 44.0 Å². The topological polar surface area (TPSA) is 95.6 Å². The monoisotopic (exact) mass is 449 g/mol. The minimum atomic E-state index is -0.300. The molecule has 5 rings (SSSR count). The Morgan fingerprint density at radius 1 is 1.06 bits per heavy atom. The summed E-state index contributed by atoms with van der Waals surface area (Å²) < 4.78 is 11.0. The second-order valence-corrected chi connectivity index (χ2v) is 8.66. The number of benzene rings is 1. The van der Waals surface area contributed by atoms with Crippen LogP contribution < -0.4 is 0 Å². The second-order valence-electron chi connectivity index (χ2n) is 8.66. The molecule has 172 valence electrons. The second kappa shape index (κ2) is 9.33. The van der Waals surface area contributed by atoms with Crippen molar-refractivity contribution in [3.05, 3.63) is 70.9 Å². The number of hydrogen-bond donors (Lipinski definition) is 1. The minimum Gasteiger partial charge on any atom is -0.511 e. The molecule has 1 fully saturated rings. The highest BCUT2D eigenvalue weighted by Crippen LogP contribution is 2.34. The summed E-state index contributed by atoms with van der Waals surface area (Å²) in [7, 11) is 0. The lowest BCUT2D eigenvalue weighted by Gasteiger charge is -2.37. The van der Waals surface area contributed by atoms with Gasteiger partial charge < -0.3 is 14.3 Å². The molecule has 33 heavy (non-hydrogen) atoms. The molecular formula is C25H27N3O5. The summed E-state index contributed by atoms with van der Waals surface area (Å²) in [5, 5.41) is 10.4. The van der Waals surface area contributed by atoms with Crippen LogP contribution in [0.3, 0.4) is 0 Å². The third-order valence-corrected chi connectivity index (χ3v) is 6.60. The lowest BCUT2D eigenvalue weighted by Crippen LogP contribution is -2.48. The molecule has 8 heteroatoms. The van der Waals surface area contributed by atoms with Crippen LogP contribution in [0.4, 0.5) is 0 Å². The number of nitrogens with zero attached hydrogens (tertiary/aromatic N) is 3. The zero-order chi connectivity index (χ0) is 22.8. The number of piperazine rings is 1. The van der Waals surface area contributed by atoms with Crippen molar-refractivity contribution >= 4 is 18.0 Å².